The quantitative estimate of drug-likeness (QED) is 0.625. The highest BCUT2D eigenvalue weighted by Crippen LogP contribution is 2.27. The van der Waals surface area contributed by atoms with Crippen LogP contribution in [0.4, 0.5) is 10.5 Å². The second kappa shape index (κ2) is 5.30. The molecule has 1 heterocycles. The molecule has 7 heteroatoms. The third-order valence-electron chi connectivity index (χ3n) is 2.56. The minimum atomic E-state index is -0.725. The van der Waals surface area contributed by atoms with Gasteiger partial charge in [-0.15, -0.1) is 0 Å². The van der Waals surface area contributed by atoms with Crippen LogP contribution in [0.2, 0.25) is 0 Å². The highest BCUT2D eigenvalue weighted by atomic mass is 16.6. The van der Waals surface area contributed by atoms with Crippen molar-refractivity contribution in [3.63, 3.8) is 0 Å². The summed E-state index contributed by atoms with van der Waals surface area (Å²) < 4.78 is 6.31. The lowest BCUT2D eigenvalue weighted by Crippen LogP contribution is -2.15. The SMILES string of the molecule is CC(OC(=O)n1ccnc1)c1ccccc1[N+](=O)[O-]. The maximum atomic E-state index is 11.7. The fraction of sp³-hybridized carbons (Fsp3) is 0.167. The van der Waals surface area contributed by atoms with Gasteiger partial charge in [0.2, 0.25) is 0 Å². The molecule has 1 atom stereocenters. The summed E-state index contributed by atoms with van der Waals surface area (Å²) in [5.41, 5.74) is 0.273. The van der Waals surface area contributed by atoms with Gasteiger partial charge in [-0.25, -0.2) is 14.3 Å². The third-order valence-corrected chi connectivity index (χ3v) is 2.56. The number of hydrogen-bond acceptors (Lipinski definition) is 5. The Morgan fingerprint density at radius 2 is 2.21 bits per heavy atom. The Hall–Kier alpha value is -2.70. The fourth-order valence-corrected chi connectivity index (χ4v) is 1.64. The van der Waals surface area contributed by atoms with Crippen molar-refractivity contribution in [3.05, 3.63) is 58.7 Å². The summed E-state index contributed by atoms with van der Waals surface area (Å²) in [6.45, 7) is 1.58. The number of imidazole rings is 1. The standard InChI is InChI=1S/C12H11N3O4/c1-9(19-12(16)14-7-6-13-8-14)10-4-2-3-5-11(10)15(17)18/h2-9H,1H3. The Morgan fingerprint density at radius 3 is 2.84 bits per heavy atom. The van der Waals surface area contributed by atoms with Crippen LogP contribution in [0.5, 0.6) is 0 Å². The Bertz CT molecular complexity index is 595. The van der Waals surface area contributed by atoms with Gasteiger partial charge in [0.1, 0.15) is 12.4 Å². The number of hydrogen-bond donors (Lipinski definition) is 0. The molecule has 2 rings (SSSR count). The molecule has 7 nitrogen and oxygen atoms in total. The van der Waals surface area contributed by atoms with Crippen LogP contribution in [0.25, 0.3) is 0 Å². The largest absolute Gasteiger partial charge is 0.441 e. The maximum Gasteiger partial charge on any atom is 0.419 e. The molecule has 0 spiro atoms. The molecule has 1 aromatic heterocycles. The van der Waals surface area contributed by atoms with Crippen molar-refractivity contribution >= 4 is 11.8 Å². The number of rotatable bonds is 3. The molecule has 19 heavy (non-hydrogen) atoms. The summed E-state index contributed by atoms with van der Waals surface area (Å²) >= 11 is 0. The molecule has 0 radical (unpaired) electrons. The van der Waals surface area contributed by atoms with Crippen molar-refractivity contribution in [2.24, 2.45) is 0 Å². The number of nitrogens with zero attached hydrogens (tertiary/aromatic N) is 3. The highest BCUT2D eigenvalue weighted by molar-refractivity contribution is 5.70. The van der Waals surface area contributed by atoms with E-state index in [9.17, 15) is 14.9 Å². The van der Waals surface area contributed by atoms with Crippen LogP contribution in [0.3, 0.4) is 0 Å². The van der Waals surface area contributed by atoms with Crippen LogP contribution < -0.4 is 0 Å². The topological polar surface area (TPSA) is 87.3 Å². The summed E-state index contributed by atoms with van der Waals surface area (Å²) in [6, 6.07) is 6.15. The molecule has 2 aromatic rings. The van der Waals surface area contributed by atoms with E-state index in [4.69, 9.17) is 4.74 Å². The molecule has 0 aliphatic carbocycles. The number of nitro benzene ring substituents is 1. The van der Waals surface area contributed by atoms with Gasteiger partial charge in [-0.3, -0.25) is 10.1 Å². The molecule has 0 N–H and O–H groups in total. The number of carbonyl (C=O) groups is 1. The van der Waals surface area contributed by atoms with Crippen molar-refractivity contribution in [2.45, 2.75) is 13.0 Å². The molecule has 0 fully saturated rings. The smallest absolute Gasteiger partial charge is 0.419 e. The summed E-state index contributed by atoms with van der Waals surface area (Å²) in [5, 5.41) is 10.9. The Kier molecular flexibility index (Phi) is 3.56. The summed E-state index contributed by atoms with van der Waals surface area (Å²) in [5.74, 6) is 0. The first-order valence-electron chi connectivity index (χ1n) is 5.52. The van der Waals surface area contributed by atoms with E-state index in [0.717, 1.165) is 4.57 Å². The maximum absolute atomic E-state index is 11.7. The van der Waals surface area contributed by atoms with Gasteiger partial charge in [-0.2, -0.15) is 0 Å². The normalized spacial score (nSPS) is 11.8. The van der Waals surface area contributed by atoms with E-state index in [1.165, 1.54) is 24.8 Å². The lowest BCUT2D eigenvalue weighted by Gasteiger charge is -2.13. The third kappa shape index (κ3) is 2.76. The van der Waals surface area contributed by atoms with E-state index < -0.39 is 17.1 Å². The second-order valence-corrected chi connectivity index (χ2v) is 3.81. The van der Waals surface area contributed by atoms with Gasteiger partial charge in [0.05, 0.1) is 10.5 Å². The number of aromatic nitrogens is 2. The molecule has 0 aliphatic rings. The average molecular weight is 261 g/mol. The second-order valence-electron chi connectivity index (χ2n) is 3.81. The van der Waals surface area contributed by atoms with Crippen molar-refractivity contribution in [3.8, 4) is 0 Å². The number of ether oxygens (including phenoxy) is 1. The molecule has 0 aliphatic heterocycles. The molecule has 1 aromatic carbocycles. The first-order chi connectivity index (χ1) is 9.09. The van der Waals surface area contributed by atoms with E-state index in [1.807, 2.05) is 0 Å². The Balaban J connectivity index is 2.19. The van der Waals surface area contributed by atoms with Crippen LogP contribution >= 0.6 is 0 Å². The lowest BCUT2D eigenvalue weighted by molar-refractivity contribution is -0.386. The van der Waals surface area contributed by atoms with E-state index in [1.54, 1.807) is 25.1 Å². The van der Waals surface area contributed by atoms with Crippen LogP contribution in [0.1, 0.15) is 18.6 Å². The summed E-state index contributed by atoms with van der Waals surface area (Å²) in [6.07, 6.45) is 2.82. The zero-order valence-corrected chi connectivity index (χ0v) is 10.1. The molecular weight excluding hydrogens is 250 g/mol. The number of carbonyl (C=O) groups excluding carboxylic acids is 1. The number of benzene rings is 1. The van der Waals surface area contributed by atoms with Crippen LogP contribution in [0.15, 0.2) is 43.0 Å². The predicted octanol–water partition coefficient (Wildman–Crippen LogP) is 2.54. The zero-order valence-electron chi connectivity index (χ0n) is 10.1. The molecule has 1 unspecified atom stereocenters. The summed E-state index contributed by atoms with van der Waals surface area (Å²) in [7, 11) is 0. The van der Waals surface area contributed by atoms with Gasteiger partial charge in [-0.05, 0) is 13.0 Å². The summed E-state index contributed by atoms with van der Waals surface area (Å²) in [4.78, 5) is 25.8. The monoisotopic (exact) mass is 261 g/mol. The number of nitro groups is 1. The minimum absolute atomic E-state index is 0.0755. The van der Waals surface area contributed by atoms with Crippen molar-refractivity contribution in [1.82, 2.24) is 9.55 Å². The lowest BCUT2D eigenvalue weighted by atomic mass is 10.1. The van der Waals surface area contributed by atoms with Gasteiger partial charge in [-0.1, -0.05) is 12.1 Å². The van der Waals surface area contributed by atoms with Gasteiger partial charge in [0.15, 0.2) is 0 Å². The zero-order chi connectivity index (χ0) is 13.8. The van der Waals surface area contributed by atoms with Crippen molar-refractivity contribution < 1.29 is 14.5 Å². The van der Waals surface area contributed by atoms with Gasteiger partial charge in [0.25, 0.3) is 5.69 Å². The molecule has 0 bridgehead atoms. The molecular formula is C12H11N3O4. The van der Waals surface area contributed by atoms with E-state index >= 15 is 0 Å². The van der Waals surface area contributed by atoms with Crippen molar-refractivity contribution in [2.75, 3.05) is 0 Å². The predicted molar refractivity (Wildman–Crippen MR) is 65.6 cm³/mol. The molecule has 0 amide bonds. The fourth-order valence-electron chi connectivity index (χ4n) is 1.64. The molecule has 0 saturated carbocycles. The van der Waals surface area contributed by atoms with Crippen LogP contribution in [-0.4, -0.2) is 20.6 Å². The minimum Gasteiger partial charge on any atom is -0.441 e. The molecule has 98 valence electrons. The van der Waals surface area contributed by atoms with E-state index in [-0.39, 0.29) is 5.69 Å². The van der Waals surface area contributed by atoms with E-state index in [0.29, 0.717) is 5.56 Å². The first-order valence-corrected chi connectivity index (χ1v) is 5.52. The Morgan fingerprint density at radius 1 is 1.47 bits per heavy atom. The van der Waals surface area contributed by atoms with Crippen molar-refractivity contribution in [1.29, 1.82) is 0 Å². The van der Waals surface area contributed by atoms with Gasteiger partial charge >= 0.3 is 6.09 Å². The number of para-hydroxylation sites is 1. The van der Waals surface area contributed by atoms with Gasteiger partial charge in [0, 0.05) is 18.5 Å². The highest BCUT2D eigenvalue weighted by Gasteiger charge is 2.21. The van der Waals surface area contributed by atoms with Gasteiger partial charge < -0.3 is 4.74 Å². The average Bonchev–Trinajstić information content (AvgIpc) is 2.92. The van der Waals surface area contributed by atoms with Crippen LogP contribution in [-0.2, 0) is 4.74 Å². The van der Waals surface area contributed by atoms with E-state index in [2.05, 4.69) is 4.98 Å². The Labute approximate surface area is 108 Å². The molecule has 0 saturated heterocycles. The first kappa shape index (κ1) is 12.7. The van der Waals surface area contributed by atoms with Crippen LogP contribution in [0, 0.1) is 10.1 Å².